The molecule has 20 heavy (non-hydrogen) atoms. The molecule has 108 valence electrons. The van der Waals surface area contributed by atoms with Crippen molar-refractivity contribution in [3.05, 3.63) is 46.5 Å². The monoisotopic (exact) mass is 301 g/mol. The number of nitro groups is 1. The van der Waals surface area contributed by atoms with Crippen LogP contribution in [0.15, 0.2) is 41.3 Å². The van der Waals surface area contributed by atoms with Crippen LogP contribution in [0.25, 0.3) is 0 Å². The van der Waals surface area contributed by atoms with Crippen molar-refractivity contribution in [3.63, 3.8) is 0 Å². The predicted molar refractivity (Wildman–Crippen MR) is 67.4 cm³/mol. The topological polar surface area (TPSA) is 113 Å². The van der Waals surface area contributed by atoms with E-state index in [9.17, 15) is 23.3 Å². The summed E-state index contributed by atoms with van der Waals surface area (Å²) in [5.74, 6) is -0.638. The molecule has 0 unspecified atom stereocenters. The van der Waals surface area contributed by atoms with Gasteiger partial charge in [0.1, 0.15) is 0 Å². The van der Waals surface area contributed by atoms with E-state index in [1.54, 1.807) is 0 Å². The Morgan fingerprint density at radius 1 is 1.35 bits per heavy atom. The molecule has 1 rings (SSSR count). The summed E-state index contributed by atoms with van der Waals surface area (Å²) in [6, 6.07) is 4.25. The van der Waals surface area contributed by atoms with Crippen molar-refractivity contribution in [1.29, 1.82) is 0 Å². The van der Waals surface area contributed by atoms with Crippen molar-refractivity contribution >= 4 is 21.8 Å². The van der Waals surface area contributed by atoms with Crippen molar-refractivity contribution in [2.24, 2.45) is 0 Å². The fourth-order valence-electron chi connectivity index (χ4n) is 1.14. The highest BCUT2D eigenvalue weighted by Gasteiger charge is 2.16. The number of carbonyl (C=O) groups is 1. The Kier molecular flexibility index (Phi) is 5.35. The summed E-state index contributed by atoms with van der Waals surface area (Å²) >= 11 is 0. The second kappa shape index (κ2) is 6.78. The molecule has 0 N–H and O–H groups in total. The maximum absolute atomic E-state index is 11.7. The maximum atomic E-state index is 11.7. The fraction of sp³-hybridized carbons (Fsp3) is 0.182. The standard InChI is InChI=1S/C11H11NO7S/c1-18-11(13)3-2-8-19-20(16,17)10-6-4-9(5-7-10)12(14)15/h2-7H,8H2,1H3/b3-2+. The Morgan fingerprint density at radius 2 is 1.95 bits per heavy atom. The predicted octanol–water partition coefficient (Wildman–Crippen LogP) is 1.03. The lowest BCUT2D eigenvalue weighted by molar-refractivity contribution is -0.384. The van der Waals surface area contributed by atoms with Crippen molar-refractivity contribution in [2.75, 3.05) is 13.7 Å². The van der Waals surface area contributed by atoms with Gasteiger partial charge in [-0.25, -0.2) is 4.79 Å². The molecule has 0 aromatic heterocycles. The molecular formula is C11H11NO7S. The number of rotatable bonds is 6. The van der Waals surface area contributed by atoms with Crippen LogP contribution in [0, 0.1) is 10.1 Å². The highest BCUT2D eigenvalue weighted by atomic mass is 32.2. The van der Waals surface area contributed by atoms with Gasteiger partial charge in [-0.2, -0.15) is 8.42 Å². The van der Waals surface area contributed by atoms with E-state index in [-0.39, 0.29) is 17.2 Å². The minimum Gasteiger partial charge on any atom is -0.466 e. The number of carbonyl (C=O) groups excluding carboxylic acids is 1. The van der Waals surface area contributed by atoms with Gasteiger partial charge < -0.3 is 4.74 Å². The molecule has 0 saturated heterocycles. The first-order valence-electron chi connectivity index (χ1n) is 5.25. The molecule has 0 bridgehead atoms. The van der Waals surface area contributed by atoms with Crippen LogP contribution in [0.1, 0.15) is 0 Å². The van der Waals surface area contributed by atoms with E-state index < -0.39 is 21.0 Å². The smallest absolute Gasteiger partial charge is 0.330 e. The third kappa shape index (κ3) is 4.44. The first-order valence-corrected chi connectivity index (χ1v) is 6.66. The third-order valence-electron chi connectivity index (χ3n) is 2.11. The number of nitro benzene ring substituents is 1. The highest BCUT2D eigenvalue weighted by Crippen LogP contribution is 2.17. The van der Waals surface area contributed by atoms with Crippen LogP contribution < -0.4 is 0 Å². The maximum Gasteiger partial charge on any atom is 0.330 e. The number of benzene rings is 1. The van der Waals surface area contributed by atoms with Crippen molar-refractivity contribution in [3.8, 4) is 0 Å². The normalized spacial score (nSPS) is 11.4. The second-order valence-electron chi connectivity index (χ2n) is 3.42. The Morgan fingerprint density at radius 3 is 2.45 bits per heavy atom. The van der Waals surface area contributed by atoms with Gasteiger partial charge in [-0.3, -0.25) is 14.3 Å². The van der Waals surface area contributed by atoms with Crippen LogP contribution in [-0.2, 0) is 23.8 Å². The van der Waals surface area contributed by atoms with E-state index in [2.05, 4.69) is 8.92 Å². The average Bonchev–Trinajstić information content (AvgIpc) is 2.43. The van der Waals surface area contributed by atoms with Gasteiger partial charge in [0.2, 0.25) is 0 Å². The molecule has 0 aliphatic heterocycles. The Bertz CT molecular complexity index is 619. The summed E-state index contributed by atoms with van der Waals surface area (Å²) in [4.78, 5) is 20.3. The van der Waals surface area contributed by atoms with Crippen molar-refractivity contribution in [2.45, 2.75) is 4.90 Å². The van der Waals surface area contributed by atoms with Gasteiger partial charge in [0.15, 0.2) is 0 Å². The molecule has 0 aliphatic carbocycles. The quantitative estimate of drug-likeness (QED) is 0.253. The zero-order valence-electron chi connectivity index (χ0n) is 10.4. The molecule has 0 radical (unpaired) electrons. The van der Waals surface area contributed by atoms with E-state index in [4.69, 9.17) is 0 Å². The number of hydrogen-bond donors (Lipinski definition) is 0. The summed E-state index contributed by atoms with van der Waals surface area (Å²) in [5, 5.41) is 10.4. The summed E-state index contributed by atoms with van der Waals surface area (Å²) in [5.41, 5.74) is -0.227. The van der Waals surface area contributed by atoms with Crippen LogP contribution >= 0.6 is 0 Å². The third-order valence-corrected chi connectivity index (χ3v) is 3.41. The molecule has 1 aromatic rings. The first kappa shape index (κ1) is 15.8. The largest absolute Gasteiger partial charge is 0.466 e. The van der Waals surface area contributed by atoms with E-state index in [0.717, 1.165) is 30.3 Å². The molecule has 0 amide bonds. The van der Waals surface area contributed by atoms with E-state index in [0.29, 0.717) is 0 Å². The van der Waals surface area contributed by atoms with Crippen molar-refractivity contribution < 1.29 is 27.1 Å². The van der Waals surface area contributed by atoms with Gasteiger partial charge in [-0.1, -0.05) is 6.08 Å². The van der Waals surface area contributed by atoms with E-state index in [1.165, 1.54) is 13.2 Å². The lowest BCUT2D eigenvalue weighted by atomic mass is 10.3. The lowest BCUT2D eigenvalue weighted by Crippen LogP contribution is -2.07. The van der Waals surface area contributed by atoms with Gasteiger partial charge >= 0.3 is 5.97 Å². The number of hydrogen-bond acceptors (Lipinski definition) is 7. The van der Waals surface area contributed by atoms with Gasteiger partial charge in [0.25, 0.3) is 15.8 Å². The molecule has 0 heterocycles. The summed E-state index contributed by atoms with van der Waals surface area (Å²) in [6.07, 6.45) is 2.19. The first-order chi connectivity index (χ1) is 9.36. The number of esters is 1. The highest BCUT2D eigenvalue weighted by molar-refractivity contribution is 7.86. The Balaban J connectivity index is 2.71. The molecule has 1 aromatic carbocycles. The van der Waals surface area contributed by atoms with Crippen LogP contribution in [0.4, 0.5) is 5.69 Å². The molecule has 0 saturated carbocycles. The van der Waals surface area contributed by atoms with Crippen LogP contribution in [-0.4, -0.2) is 33.0 Å². The Labute approximate surface area is 114 Å². The van der Waals surface area contributed by atoms with Crippen LogP contribution in [0.3, 0.4) is 0 Å². The molecule has 8 nitrogen and oxygen atoms in total. The molecule has 0 fully saturated rings. The number of non-ortho nitro benzene ring substituents is 1. The summed E-state index contributed by atoms with van der Waals surface area (Å²) in [7, 11) is -2.85. The molecule has 9 heteroatoms. The lowest BCUT2D eigenvalue weighted by Gasteiger charge is -2.02. The molecule has 0 spiro atoms. The fourth-order valence-corrected chi connectivity index (χ4v) is 2.01. The molecule has 0 aliphatic rings. The Hall–Kier alpha value is -2.26. The second-order valence-corrected chi connectivity index (χ2v) is 5.03. The van der Waals surface area contributed by atoms with E-state index >= 15 is 0 Å². The van der Waals surface area contributed by atoms with Gasteiger partial charge in [0, 0.05) is 18.2 Å². The van der Waals surface area contributed by atoms with Crippen LogP contribution in [0.2, 0.25) is 0 Å². The van der Waals surface area contributed by atoms with Crippen molar-refractivity contribution in [1.82, 2.24) is 0 Å². The summed E-state index contributed by atoms with van der Waals surface area (Å²) in [6.45, 7) is -0.353. The minimum absolute atomic E-state index is 0.213. The number of nitrogens with zero attached hydrogens (tertiary/aromatic N) is 1. The molecule has 0 atom stereocenters. The number of ether oxygens (including phenoxy) is 1. The minimum atomic E-state index is -4.03. The molecular weight excluding hydrogens is 290 g/mol. The van der Waals surface area contributed by atoms with Gasteiger partial charge in [0.05, 0.1) is 23.5 Å². The summed E-state index contributed by atoms with van der Waals surface area (Å²) < 4.78 is 32.3. The number of methoxy groups -OCH3 is 1. The van der Waals surface area contributed by atoms with Gasteiger partial charge in [-0.15, -0.1) is 0 Å². The van der Waals surface area contributed by atoms with Gasteiger partial charge in [-0.05, 0) is 12.1 Å². The van der Waals surface area contributed by atoms with E-state index in [1.807, 2.05) is 0 Å². The average molecular weight is 301 g/mol. The zero-order valence-corrected chi connectivity index (χ0v) is 11.2. The SMILES string of the molecule is COC(=O)/C=C/COS(=O)(=O)c1ccc([N+](=O)[O-])cc1. The van der Waals surface area contributed by atoms with Crippen LogP contribution in [0.5, 0.6) is 0 Å². The zero-order chi connectivity index (χ0) is 15.2.